The van der Waals surface area contributed by atoms with Crippen LogP contribution in [0.2, 0.25) is 0 Å². The summed E-state index contributed by atoms with van der Waals surface area (Å²) in [7, 11) is 0. The van der Waals surface area contributed by atoms with Crippen molar-refractivity contribution in [3.63, 3.8) is 0 Å². The molecule has 4 heteroatoms. The minimum atomic E-state index is 0.361. The highest BCUT2D eigenvalue weighted by atomic mass is 16.5. The van der Waals surface area contributed by atoms with Gasteiger partial charge in [0.1, 0.15) is 6.10 Å². The summed E-state index contributed by atoms with van der Waals surface area (Å²) < 4.78 is 6.33. The Bertz CT molecular complexity index is 658. The molecule has 4 fully saturated rings. The van der Waals surface area contributed by atoms with Gasteiger partial charge < -0.3 is 9.64 Å². The maximum Gasteiger partial charge on any atom is 0.213 e. The van der Waals surface area contributed by atoms with E-state index in [4.69, 9.17) is 4.74 Å². The highest BCUT2D eigenvalue weighted by Crippen LogP contribution is 2.44. The smallest absolute Gasteiger partial charge is 0.213 e. The molecule has 6 rings (SSSR count). The zero-order chi connectivity index (χ0) is 15.2. The van der Waals surface area contributed by atoms with Gasteiger partial charge in [-0.15, -0.1) is 0 Å². The highest BCUT2D eigenvalue weighted by Gasteiger charge is 2.48. The molecule has 4 nitrogen and oxygen atoms in total. The van der Waals surface area contributed by atoms with Crippen molar-refractivity contribution in [3.8, 4) is 17.0 Å². The first-order chi connectivity index (χ1) is 11.3. The van der Waals surface area contributed by atoms with Crippen LogP contribution in [0.3, 0.4) is 0 Å². The van der Waals surface area contributed by atoms with Gasteiger partial charge in [-0.05, 0) is 30.9 Å². The van der Waals surface area contributed by atoms with Crippen LogP contribution < -0.4 is 4.74 Å². The molecule has 5 heterocycles. The van der Waals surface area contributed by atoms with Crippen LogP contribution in [-0.2, 0) is 0 Å². The summed E-state index contributed by atoms with van der Waals surface area (Å²) in [6.45, 7) is 3.74. The first kappa shape index (κ1) is 13.5. The summed E-state index contributed by atoms with van der Waals surface area (Å²) in [5, 5.41) is 0. The van der Waals surface area contributed by atoms with Crippen LogP contribution in [0.1, 0.15) is 12.8 Å². The number of rotatable bonds is 3. The molecule has 118 valence electrons. The zero-order valence-electron chi connectivity index (χ0n) is 13.1. The molecule has 23 heavy (non-hydrogen) atoms. The van der Waals surface area contributed by atoms with Crippen molar-refractivity contribution in [2.75, 3.05) is 19.6 Å². The van der Waals surface area contributed by atoms with E-state index >= 15 is 0 Å². The molecule has 0 radical (unpaired) electrons. The quantitative estimate of drug-likeness (QED) is 0.874. The minimum absolute atomic E-state index is 0.361. The first-order valence-corrected chi connectivity index (χ1v) is 8.60. The van der Waals surface area contributed by atoms with E-state index < -0.39 is 0 Å². The Labute approximate surface area is 136 Å². The predicted molar refractivity (Wildman–Crippen MR) is 88.0 cm³/mol. The summed E-state index contributed by atoms with van der Waals surface area (Å²) in [6, 6.07) is 8.09. The second-order valence-electron chi connectivity index (χ2n) is 7.29. The van der Waals surface area contributed by atoms with Crippen molar-refractivity contribution in [2.45, 2.75) is 18.9 Å². The van der Waals surface area contributed by atoms with Gasteiger partial charge in [0, 0.05) is 67.3 Å². The second-order valence-corrected chi connectivity index (χ2v) is 7.29. The summed E-state index contributed by atoms with van der Waals surface area (Å²) in [6.07, 6.45) is 8.59. The third-order valence-corrected chi connectivity index (χ3v) is 5.69. The van der Waals surface area contributed by atoms with Crippen LogP contribution in [0.5, 0.6) is 5.88 Å². The van der Waals surface area contributed by atoms with Gasteiger partial charge in [0.25, 0.3) is 0 Å². The average molecular weight is 307 g/mol. The lowest BCUT2D eigenvalue weighted by Crippen LogP contribution is -2.61. The van der Waals surface area contributed by atoms with Gasteiger partial charge in [0.05, 0.1) is 0 Å². The van der Waals surface area contributed by atoms with Gasteiger partial charge >= 0.3 is 0 Å². The molecular formula is C19H21N3O. The molecule has 1 aliphatic carbocycles. The molecule has 0 aromatic carbocycles. The lowest BCUT2D eigenvalue weighted by atomic mass is 9.66. The van der Waals surface area contributed by atoms with Crippen molar-refractivity contribution in [1.82, 2.24) is 14.9 Å². The lowest BCUT2D eigenvalue weighted by molar-refractivity contribution is -0.0997. The summed E-state index contributed by atoms with van der Waals surface area (Å²) in [5.41, 5.74) is 2.18. The van der Waals surface area contributed by atoms with Gasteiger partial charge in [-0.1, -0.05) is 6.07 Å². The van der Waals surface area contributed by atoms with Crippen molar-refractivity contribution in [1.29, 1.82) is 0 Å². The monoisotopic (exact) mass is 307 g/mol. The fraction of sp³-hybridized carbons (Fsp3) is 0.474. The van der Waals surface area contributed by atoms with Crippen molar-refractivity contribution < 1.29 is 4.74 Å². The van der Waals surface area contributed by atoms with E-state index in [1.54, 1.807) is 6.20 Å². The number of pyridine rings is 2. The third-order valence-electron chi connectivity index (χ3n) is 5.69. The maximum atomic E-state index is 6.33. The Balaban J connectivity index is 1.33. The normalized spacial score (nSPS) is 34.5. The van der Waals surface area contributed by atoms with Crippen LogP contribution in [0.25, 0.3) is 11.1 Å². The molecule has 2 aromatic rings. The molecule has 1 saturated carbocycles. The van der Waals surface area contributed by atoms with Crippen LogP contribution in [-0.4, -0.2) is 40.6 Å². The van der Waals surface area contributed by atoms with E-state index in [1.165, 1.54) is 32.5 Å². The topological polar surface area (TPSA) is 38.2 Å². The van der Waals surface area contributed by atoms with E-state index in [0.29, 0.717) is 17.9 Å². The highest BCUT2D eigenvalue weighted by molar-refractivity contribution is 5.61. The number of piperidine rings is 3. The van der Waals surface area contributed by atoms with Crippen molar-refractivity contribution >= 4 is 0 Å². The van der Waals surface area contributed by atoms with Crippen LogP contribution >= 0.6 is 0 Å². The molecule has 4 bridgehead atoms. The number of hydrogen-bond acceptors (Lipinski definition) is 4. The third kappa shape index (κ3) is 2.41. The van der Waals surface area contributed by atoms with Crippen LogP contribution in [0.4, 0.5) is 0 Å². The lowest BCUT2D eigenvalue weighted by Gasteiger charge is -2.55. The number of hydrogen-bond donors (Lipinski definition) is 0. The minimum Gasteiger partial charge on any atom is -0.474 e. The summed E-state index contributed by atoms with van der Waals surface area (Å²) in [5.74, 6) is 3.07. The molecule has 2 atom stereocenters. The van der Waals surface area contributed by atoms with Crippen molar-refractivity contribution in [2.24, 2.45) is 17.8 Å². The Morgan fingerprint density at radius 3 is 2.43 bits per heavy atom. The summed E-state index contributed by atoms with van der Waals surface area (Å²) in [4.78, 5) is 11.3. The van der Waals surface area contributed by atoms with Gasteiger partial charge in [-0.3, -0.25) is 4.98 Å². The molecular weight excluding hydrogens is 286 g/mol. The van der Waals surface area contributed by atoms with E-state index in [1.807, 2.05) is 24.5 Å². The molecule has 3 saturated heterocycles. The number of aromatic nitrogens is 2. The van der Waals surface area contributed by atoms with E-state index in [2.05, 4.69) is 27.0 Å². The SMILES string of the molecule is c1cncc(-c2ccc(OC3C4CC5CC3CN(C5)C4)nc2)c1. The van der Waals surface area contributed by atoms with Crippen LogP contribution in [0.15, 0.2) is 42.9 Å². The van der Waals surface area contributed by atoms with Gasteiger partial charge in [0.15, 0.2) is 0 Å². The van der Waals surface area contributed by atoms with Gasteiger partial charge in [0.2, 0.25) is 5.88 Å². The van der Waals surface area contributed by atoms with Crippen LogP contribution in [0, 0.1) is 17.8 Å². The maximum absolute atomic E-state index is 6.33. The Hall–Kier alpha value is -1.94. The zero-order valence-corrected chi connectivity index (χ0v) is 13.1. The Kier molecular flexibility index (Phi) is 3.11. The molecule has 2 aromatic heterocycles. The van der Waals surface area contributed by atoms with Gasteiger partial charge in [-0.2, -0.15) is 0 Å². The molecule has 0 spiro atoms. The predicted octanol–water partition coefficient (Wildman–Crippen LogP) is 2.86. The molecule has 2 unspecified atom stereocenters. The molecule has 0 N–H and O–H groups in total. The van der Waals surface area contributed by atoms with E-state index in [0.717, 1.165) is 22.9 Å². The standard InChI is InChI=1S/C19H21N3O/c1-2-14(8-20-5-1)15-3-4-18(21-9-15)23-19-16-6-13-7-17(19)12-22(10-13)11-16/h1-5,8-9,13,16-17,19H,6-7,10-12H2. The molecule has 0 amide bonds. The van der Waals surface area contributed by atoms with Gasteiger partial charge in [-0.25, -0.2) is 4.98 Å². The Morgan fingerprint density at radius 2 is 1.78 bits per heavy atom. The fourth-order valence-corrected chi connectivity index (χ4v) is 4.85. The average Bonchev–Trinajstić information content (AvgIpc) is 2.59. The number of nitrogens with zero attached hydrogens (tertiary/aromatic N) is 3. The number of ether oxygens (including phenoxy) is 1. The Morgan fingerprint density at radius 1 is 0.957 bits per heavy atom. The largest absolute Gasteiger partial charge is 0.474 e. The first-order valence-electron chi connectivity index (χ1n) is 8.60. The van der Waals surface area contributed by atoms with E-state index in [-0.39, 0.29) is 0 Å². The summed E-state index contributed by atoms with van der Waals surface area (Å²) >= 11 is 0. The van der Waals surface area contributed by atoms with Crippen molar-refractivity contribution in [3.05, 3.63) is 42.9 Å². The fourth-order valence-electron chi connectivity index (χ4n) is 4.85. The molecule has 3 aliphatic heterocycles. The van der Waals surface area contributed by atoms with E-state index in [9.17, 15) is 0 Å². The second kappa shape index (κ2) is 5.31. The molecule has 4 aliphatic rings.